The number of anilines is 1. The van der Waals surface area contributed by atoms with Crippen LogP contribution in [0.4, 0.5) is 10.1 Å². The Hall–Kier alpha value is -2.24. The van der Waals surface area contributed by atoms with Gasteiger partial charge in [-0.1, -0.05) is 18.2 Å². The number of piperidine rings is 1. The summed E-state index contributed by atoms with van der Waals surface area (Å²) in [5.74, 6) is -0.0195. The number of amides is 1. The van der Waals surface area contributed by atoms with Crippen LogP contribution in [0.3, 0.4) is 0 Å². The molecule has 0 aliphatic carbocycles. The summed E-state index contributed by atoms with van der Waals surface area (Å²) in [7, 11) is 3.78. The Bertz CT molecular complexity index is 752. The second kappa shape index (κ2) is 8.43. The molecule has 1 atom stereocenters. The molecule has 26 heavy (non-hydrogen) atoms. The number of nitrogens with one attached hydrogen (secondary N) is 2. The number of carbonyl (C=O) groups is 1. The van der Waals surface area contributed by atoms with Gasteiger partial charge in [-0.3, -0.25) is 4.79 Å². The molecule has 2 N–H and O–H groups in total. The molecule has 1 aliphatic rings. The van der Waals surface area contributed by atoms with E-state index >= 15 is 0 Å². The van der Waals surface area contributed by atoms with E-state index in [-0.39, 0.29) is 11.7 Å². The minimum Gasteiger partial charge on any atom is -0.322 e. The van der Waals surface area contributed by atoms with Crippen molar-refractivity contribution < 1.29 is 9.18 Å². The van der Waals surface area contributed by atoms with Crippen LogP contribution in [0.2, 0.25) is 0 Å². The summed E-state index contributed by atoms with van der Waals surface area (Å²) in [6.45, 7) is 2.60. The highest BCUT2D eigenvalue weighted by atomic mass is 19.1. The lowest BCUT2D eigenvalue weighted by molar-refractivity contribution is 0.102. The summed E-state index contributed by atoms with van der Waals surface area (Å²) in [6.07, 6.45) is 2.36. The normalized spacial score (nSPS) is 17.3. The molecule has 4 nitrogen and oxygen atoms in total. The average Bonchev–Trinajstić information content (AvgIpc) is 2.64. The third kappa shape index (κ3) is 4.68. The van der Waals surface area contributed by atoms with Gasteiger partial charge in [-0.25, -0.2) is 4.39 Å². The first-order chi connectivity index (χ1) is 12.5. The van der Waals surface area contributed by atoms with Gasteiger partial charge in [0.05, 0.1) is 0 Å². The molecule has 1 aliphatic heterocycles. The van der Waals surface area contributed by atoms with Crippen LogP contribution in [0.5, 0.6) is 0 Å². The topological polar surface area (TPSA) is 44.4 Å². The maximum Gasteiger partial charge on any atom is 0.255 e. The van der Waals surface area contributed by atoms with Crippen LogP contribution in [0.25, 0.3) is 0 Å². The minimum atomic E-state index is -0.309. The van der Waals surface area contributed by atoms with E-state index in [2.05, 4.69) is 10.6 Å². The van der Waals surface area contributed by atoms with Crippen LogP contribution >= 0.6 is 0 Å². The SMILES string of the molecule is CN(C)Cc1ccc(NC(=O)c2ccc(C3CCCNC3)cc2)cc1F. The molecule has 0 bridgehead atoms. The largest absolute Gasteiger partial charge is 0.322 e. The predicted molar refractivity (Wildman–Crippen MR) is 103 cm³/mol. The van der Waals surface area contributed by atoms with Crippen LogP contribution in [0.1, 0.15) is 40.2 Å². The molecule has 2 aromatic rings. The van der Waals surface area contributed by atoms with Gasteiger partial charge < -0.3 is 15.5 Å². The fourth-order valence-corrected chi connectivity index (χ4v) is 3.34. The van der Waals surface area contributed by atoms with Gasteiger partial charge in [0.1, 0.15) is 5.82 Å². The summed E-state index contributed by atoms with van der Waals surface area (Å²) in [5, 5.41) is 6.18. The molecule has 0 spiro atoms. The Morgan fingerprint density at radius 3 is 2.62 bits per heavy atom. The quantitative estimate of drug-likeness (QED) is 0.861. The smallest absolute Gasteiger partial charge is 0.255 e. The van der Waals surface area contributed by atoms with Crippen molar-refractivity contribution in [1.29, 1.82) is 0 Å². The summed E-state index contributed by atoms with van der Waals surface area (Å²) >= 11 is 0. The fraction of sp³-hybridized carbons (Fsp3) is 0.381. The predicted octanol–water partition coefficient (Wildman–Crippen LogP) is 3.61. The second-order valence-corrected chi connectivity index (χ2v) is 7.16. The number of rotatable bonds is 5. The van der Waals surface area contributed by atoms with Crippen molar-refractivity contribution >= 4 is 11.6 Å². The number of hydrogen-bond donors (Lipinski definition) is 2. The van der Waals surface area contributed by atoms with E-state index in [9.17, 15) is 9.18 Å². The molecule has 1 unspecified atom stereocenters. The first-order valence-electron chi connectivity index (χ1n) is 9.08. The van der Waals surface area contributed by atoms with Crippen molar-refractivity contribution in [3.05, 3.63) is 65.0 Å². The van der Waals surface area contributed by atoms with Gasteiger partial charge in [-0.2, -0.15) is 0 Å². The molecule has 3 rings (SSSR count). The summed E-state index contributed by atoms with van der Waals surface area (Å²) in [6, 6.07) is 12.6. The first kappa shape index (κ1) is 18.5. The molecule has 0 aromatic heterocycles. The van der Waals surface area contributed by atoms with Crippen molar-refractivity contribution in [3.63, 3.8) is 0 Å². The van der Waals surface area contributed by atoms with E-state index in [0.717, 1.165) is 13.1 Å². The number of nitrogens with zero attached hydrogens (tertiary/aromatic N) is 1. The Morgan fingerprint density at radius 1 is 1.23 bits per heavy atom. The van der Waals surface area contributed by atoms with Gasteiger partial charge in [0.15, 0.2) is 0 Å². The van der Waals surface area contributed by atoms with E-state index in [4.69, 9.17) is 0 Å². The van der Waals surface area contributed by atoms with Crippen LogP contribution in [0.15, 0.2) is 42.5 Å². The standard InChI is InChI=1S/C21H26FN3O/c1-25(2)14-18-9-10-19(12-20(18)22)24-21(26)16-7-5-15(6-8-16)17-4-3-11-23-13-17/h5-10,12,17,23H,3-4,11,13-14H2,1-2H3,(H,24,26). The molecular formula is C21H26FN3O. The van der Waals surface area contributed by atoms with E-state index in [1.807, 2.05) is 43.3 Å². The fourth-order valence-electron chi connectivity index (χ4n) is 3.34. The maximum atomic E-state index is 14.1. The van der Waals surface area contributed by atoms with E-state index in [1.165, 1.54) is 24.5 Å². The zero-order valence-corrected chi connectivity index (χ0v) is 15.4. The number of carbonyl (C=O) groups excluding carboxylic acids is 1. The lowest BCUT2D eigenvalue weighted by Gasteiger charge is -2.23. The molecule has 1 saturated heterocycles. The van der Waals surface area contributed by atoms with Gasteiger partial charge in [-0.05, 0) is 69.2 Å². The molecule has 1 amide bonds. The molecule has 0 saturated carbocycles. The Labute approximate surface area is 154 Å². The van der Waals surface area contributed by atoms with Crippen LogP contribution in [-0.2, 0) is 6.54 Å². The van der Waals surface area contributed by atoms with Crippen LogP contribution < -0.4 is 10.6 Å². The third-order valence-corrected chi connectivity index (χ3v) is 4.74. The van der Waals surface area contributed by atoms with Gasteiger partial charge >= 0.3 is 0 Å². The van der Waals surface area contributed by atoms with Crippen molar-refractivity contribution in [2.75, 3.05) is 32.5 Å². The minimum absolute atomic E-state index is 0.224. The molecule has 5 heteroatoms. The van der Waals surface area contributed by atoms with Gasteiger partial charge in [-0.15, -0.1) is 0 Å². The van der Waals surface area contributed by atoms with E-state index < -0.39 is 0 Å². The molecular weight excluding hydrogens is 329 g/mol. The first-order valence-corrected chi connectivity index (χ1v) is 9.08. The van der Waals surface area contributed by atoms with Gasteiger partial charge in [0, 0.05) is 29.9 Å². The van der Waals surface area contributed by atoms with Crippen molar-refractivity contribution in [2.24, 2.45) is 0 Å². The van der Waals surface area contributed by atoms with Gasteiger partial charge in [0.2, 0.25) is 0 Å². The Morgan fingerprint density at radius 2 is 2.00 bits per heavy atom. The number of hydrogen-bond acceptors (Lipinski definition) is 3. The van der Waals surface area contributed by atoms with Crippen molar-refractivity contribution in [1.82, 2.24) is 10.2 Å². The molecule has 1 heterocycles. The summed E-state index contributed by atoms with van der Waals surface area (Å²) in [4.78, 5) is 14.3. The zero-order chi connectivity index (χ0) is 18.5. The van der Waals surface area contributed by atoms with E-state index in [0.29, 0.717) is 29.3 Å². The van der Waals surface area contributed by atoms with Gasteiger partial charge in [0.25, 0.3) is 5.91 Å². The Balaban J connectivity index is 1.65. The number of halogens is 1. The lowest BCUT2D eigenvalue weighted by Crippen LogP contribution is -2.28. The lowest BCUT2D eigenvalue weighted by atomic mass is 9.91. The molecule has 0 radical (unpaired) electrons. The highest BCUT2D eigenvalue weighted by Crippen LogP contribution is 2.23. The summed E-state index contributed by atoms with van der Waals surface area (Å²) in [5.41, 5.74) is 2.91. The van der Waals surface area contributed by atoms with Crippen LogP contribution in [0, 0.1) is 5.82 Å². The number of benzene rings is 2. The van der Waals surface area contributed by atoms with Crippen molar-refractivity contribution in [3.8, 4) is 0 Å². The highest BCUT2D eigenvalue weighted by molar-refractivity contribution is 6.04. The van der Waals surface area contributed by atoms with Crippen molar-refractivity contribution in [2.45, 2.75) is 25.3 Å². The second-order valence-electron chi connectivity index (χ2n) is 7.16. The molecule has 1 fully saturated rings. The third-order valence-electron chi connectivity index (χ3n) is 4.74. The average molecular weight is 355 g/mol. The Kier molecular flexibility index (Phi) is 6.01. The maximum absolute atomic E-state index is 14.1. The summed E-state index contributed by atoms with van der Waals surface area (Å²) < 4.78 is 14.1. The van der Waals surface area contributed by atoms with E-state index in [1.54, 1.807) is 12.1 Å². The molecule has 138 valence electrons. The molecule has 2 aromatic carbocycles. The zero-order valence-electron chi connectivity index (χ0n) is 15.4. The highest BCUT2D eigenvalue weighted by Gasteiger charge is 2.16. The monoisotopic (exact) mass is 355 g/mol. The van der Waals surface area contributed by atoms with Crippen LogP contribution in [-0.4, -0.2) is 38.0 Å².